The molecule has 5 nitrogen and oxygen atoms in total. The summed E-state index contributed by atoms with van der Waals surface area (Å²) in [6, 6.07) is 2.06. The zero-order valence-electron chi connectivity index (χ0n) is 8.88. The van der Waals surface area contributed by atoms with Gasteiger partial charge in [-0.15, -0.1) is 11.3 Å². The van der Waals surface area contributed by atoms with Crippen molar-refractivity contribution in [2.24, 2.45) is 0 Å². The lowest BCUT2D eigenvalue weighted by molar-refractivity contribution is -0.121. The van der Waals surface area contributed by atoms with E-state index >= 15 is 0 Å². The van der Waals surface area contributed by atoms with Gasteiger partial charge in [-0.25, -0.2) is 4.98 Å². The molecule has 0 saturated carbocycles. The second-order valence-electron chi connectivity index (χ2n) is 3.63. The highest BCUT2D eigenvalue weighted by Crippen LogP contribution is 2.24. The molecule has 2 aromatic heterocycles. The third-order valence-corrected chi connectivity index (χ3v) is 3.43. The highest BCUT2D eigenvalue weighted by atomic mass is 32.1. The van der Waals surface area contributed by atoms with Crippen molar-refractivity contribution < 1.29 is 4.79 Å². The van der Waals surface area contributed by atoms with E-state index in [1.807, 2.05) is 16.8 Å². The molecule has 0 radical (unpaired) electrons. The molecule has 3 heterocycles. The van der Waals surface area contributed by atoms with Gasteiger partial charge in [0.15, 0.2) is 0 Å². The minimum Gasteiger partial charge on any atom is -0.305 e. The van der Waals surface area contributed by atoms with Crippen molar-refractivity contribution in [1.29, 1.82) is 0 Å². The maximum atomic E-state index is 11.0. The molecule has 2 aromatic rings. The molecule has 0 aliphatic carbocycles. The first-order chi connectivity index (χ1) is 8.33. The van der Waals surface area contributed by atoms with E-state index < -0.39 is 0 Å². The van der Waals surface area contributed by atoms with Crippen LogP contribution in [-0.4, -0.2) is 15.5 Å². The fourth-order valence-electron chi connectivity index (χ4n) is 1.61. The summed E-state index contributed by atoms with van der Waals surface area (Å²) in [6.45, 7) is 0. The molecule has 0 bridgehead atoms. The lowest BCUT2D eigenvalue weighted by atomic mass is 10.2. The monoisotopic (exact) mass is 246 g/mol. The van der Waals surface area contributed by atoms with Crippen LogP contribution in [0.25, 0.3) is 11.4 Å². The third-order valence-electron chi connectivity index (χ3n) is 2.48. The number of hydrogen-bond acceptors (Lipinski definition) is 4. The van der Waals surface area contributed by atoms with E-state index in [9.17, 15) is 4.79 Å². The third kappa shape index (κ3) is 1.94. The van der Waals surface area contributed by atoms with Crippen molar-refractivity contribution in [3.05, 3.63) is 41.1 Å². The fraction of sp³-hybridized carbons (Fsp3) is 0.0909. The van der Waals surface area contributed by atoms with E-state index in [1.54, 1.807) is 23.9 Å². The second-order valence-corrected chi connectivity index (χ2v) is 4.55. The Balaban J connectivity index is 1.88. The van der Waals surface area contributed by atoms with E-state index in [0.717, 1.165) is 16.3 Å². The predicted molar refractivity (Wildman–Crippen MR) is 65.3 cm³/mol. The topological polar surface area (TPSA) is 59.0 Å². The van der Waals surface area contributed by atoms with Crippen molar-refractivity contribution in [2.45, 2.75) is 6.42 Å². The zero-order chi connectivity index (χ0) is 11.7. The number of carbonyl (C=O) groups excluding carboxylic acids is 1. The Morgan fingerprint density at radius 2 is 2.35 bits per heavy atom. The number of rotatable bonds is 2. The molecule has 3 rings (SSSR count). The molecule has 17 heavy (non-hydrogen) atoms. The number of carbonyl (C=O) groups is 1. The lowest BCUT2D eigenvalue weighted by Crippen LogP contribution is -2.38. The predicted octanol–water partition coefficient (Wildman–Crippen LogP) is 1.30. The zero-order valence-corrected chi connectivity index (χ0v) is 9.70. The Labute approximate surface area is 102 Å². The van der Waals surface area contributed by atoms with Crippen LogP contribution in [0.2, 0.25) is 0 Å². The summed E-state index contributed by atoms with van der Waals surface area (Å²) in [7, 11) is 0. The summed E-state index contributed by atoms with van der Waals surface area (Å²) in [5.41, 5.74) is 7.51. The largest absolute Gasteiger partial charge is 0.305 e. The second kappa shape index (κ2) is 4.06. The average molecular weight is 246 g/mol. The molecule has 0 saturated heterocycles. The van der Waals surface area contributed by atoms with Gasteiger partial charge in [0.25, 0.3) is 0 Å². The summed E-state index contributed by atoms with van der Waals surface area (Å²) in [5, 5.41) is 2.05. The van der Waals surface area contributed by atoms with Crippen molar-refractivity contribution in [2.75, 3.05) is 0 Å². The van der Waals surface area contributed by atoms with Gasteiger partial charge in [0.2, 0.25) is 5.91 Å². The van der Waals surface area contributed by atoms with Crippen molar-refractivity contribution >= 4 is 22.9 Å². The number of thiophene rings is 1. The van der Waals surface area contributed by atoms with Gasteiger partial charge in [-0.3, -0.25) is 15.6 Å². The smallest absolute Gasteiger partial charge is 0.242 e. The van der Waals surface area contributed by atoms with Gasteiger partial charge in [-0.2, -0.15) is 0 Å². The van der Waals surface area contributed by atoms with Gasteiger partial charge in [0, 0.05) is 24.2 Å². The number of hydrazine groups is 1. The normalized spacial score (nSPS) is 15.1. The quantitative estimate of drug-likeness (QED) is 0.839. The van der Waals surface area contributed by atoms with E-state index in [4.69, 9.17) is 0 Å². The molecule has 0 unspecified atom stereocenters. The number of aromatic nitrogens is 2. The summed E-state index contributed by atoms with van der Waals surface area (Å²) in [4.78, 5) is 16.1. The molecule has 86 valence electrons. The molecule has 0 atom stereocenters. The number of hydrogen-bond donors (Lipinski definition) is 2. The van der Waals surface area contributed by atoms with Crippen molar-refractivity contribution in [3.63, 3.8) is 0 Å². The molecule has 0 aromatic carbocycles. The van der Waals surface area contributed by atoms with Crippen LogP contribution in [0.1, 0.15) is 11.3 Å². The Bertz CT molecular complexity index is 570. The maximum absolute atomic E-state index is 11.0. The molecular formula is C11H10N4OS. The highest BCUT2D eigenvalue weighted by molar-refractivity contribution is 7.11. The van der Waals surface area contributed by atoms with E-state index in [2.05, 4.69) is 27.3 Å². The molecule has 2 N–H and O–H groups in total. The van der Waals surface area contributed by atoms with Crippen LogP contribution in [0.5, 0.6) is 0 Å². The fourth-order valence-corrected chi connectivity index (χ4v) is 2.50. The van der Waals surface area contributed by atoms with Crippen LogP contribution >= 0.6 is 11.3 Å². The van der Waals surface area contributed by atoms with Gasteiger partial charge >= 0.3 is 0 Å². The minimum atomic E-state index is -0.0138. The Morgan fingerprint density at radius 3 is 3.06 bits per heavy atom. The van der Waals surface area contributed by atoms with Gasteiger partial charge in [0.1, 0.15) is 0 Å². The van der Waals surface area contributed by atoms with Crippen LogP contribution in [0, 0.1) is 0 Å². The molecule has 1 amide bonds. The molecule has 0 spiro atoms. The van der Waals surface area contributed by atoms with E-state index in [-0.39, 0.29) is 5.91 Å². The number of imidazole rings is 1. The summed E-state index contributed by atoms with van der Waals surface area (Å²) in [6.07, 6.45) is 7.71. The van der Waals surface area contributed by atoms with Crippen LogP contribution in [0.3, 0.4) is 0 Å². The number of nitrogens with zero attached hydrogens (tertiary/aromatic N) is 2. The SMILES string of the molecule is O=C1CC=C(c2cc(-n3ccnc3)cs2)NN1. The Morgan fingerprint density at radius 1 is 1.41 bits per heavy atom. The molecule has 6 heteroatoms. The first-order valence-corrected chi connectivity index (χ1v) is 6.03. The van der Waals surface area contributed by atoms with Crippen molar-refractivity contribution in [3.8, 4) is 5.69 Å². The maximum Gasteiger partial charge on any atom is 0.242 e. The van der Waals surface area contributed by atoms with Gasteiger partial charge < -0.3 is 4.57 Å². The first-order valence-electron chi connectivity index (χ1n) is 5.15. The van der Waals surface area contributed by atoms with Crippen molar-refractivity contribution in [1.82, 2.24) is 20.4 Å². The summed E-state index contributed by atoms with van der Waals surface area (Å²) >= 11 is 1.62. The summed E-state index contributed by atoms with van der Waals surface area (Å²) in [5.74, 6) is -0.0138. The molecule has 0 fully saturated rings. The van der Waals surface area contributed by atoms with Crippen LogP contribution in [0.15, 0.2) is 36.2 Å². The average Bonchev–Trinajstić information content (AvgIpc) is 3.00. The van der Waals surface area contributed by atoms with Crippen LogP contribution in [0.4, 0.5) is 0 Å². The number of amides is 1. The van der Waals surface area contributed by atoms with Crippen LogP contribution < -0.4 is 10.9 Å². The molecular weight excluding hydrogens is 236 g/mol. The summed E-state index contributed by atoms with van der Waals surface area (Å²) < 4.78 is 1.95. The minimum absolute atomic E-state index is 0.0138. The number of nitrogens with one attached hydrogen (secondary N) is 2. The first kappa shape index (κ1) is 10.1. The van der Waals surface area contributed by atoms with Crippen LogP contribution in [-0.2, 0) is 4.79 Å². The Kier molecular flexibility index (Phi) is 2.41. The van der Waals surface area contributed by atoms with Gasteiger partial charge in [-0.05, 0) is 12.1 Å². The lowest BCUT2D eigenvalue weighted by Gasteiger charge is -2.14. The van der Waals surface area contributed by atoms with E-state index in [1.165, 1.54) is 0 Å². The standard InChI is InChI=1S/C11H10N4OS/c16-11-2-1-9(13-14-11)10-5-8(6-17-10)15-4-3-12-7-15/h1,3-7,13H,2H2,(H,14,16). The highest BCUT2D eigenvalue weighted by Gasteiger charge is 2.12. The van der Waals surface area contributed by atoms with Gasteiger partial charge in [0.05, 0.1) is 22.6 Å². The molecule has 1 aliphatic rings. The Hall–Kier alpha value is -2.08. The van der Waals surface area contributed by atoms with Gasteiger partial charge in [-0.1, -0.05) is 0 Å². The van der Waals surface area contributed by atoms with E-state index in [0.29, 0.717) is 6.42 Å². The molecule has 1 aliphatic heterocycles.